The first-order valence-electron chi connectivity index (χ1n) is 6.84. The van der Waals surface area contributed by atoms with Crippen LogP contribution in [0.3, 0.4) is 0 Å². The Balaban J connectivity index is 2.03. The lowest BCUT2D eigenvalue weighted by molar-refractivity contribution is -0.127. The number of carbonyl (C=O) groups excluding carboxylic acids is 1. The molecule has 20 heavy (non-hydrogen) atoms. The minimum absolute atomic E-state index is 0.0869. The largest absolute Gasteiger partial charge is 0.301 e. The van der Waals surface area contributed by atoms with Crippen molar-refractivity contribution < 1.29 is 13.6 Å². The van der Waals surface area contributed by atoms with Crippen molar-refractivity contribution in [2.75, 3.05) is 18.4 Å². The number of amides is 1. The lowest BCUT2D eigenvalue weighted by Crippen LogP contribution is -2.52. The Morgan fingerprint density at radius 2 is 2.45 bits per heavy atom. The van der Waals surface area contributed by atoms with Crippen LogP contribution in [0.2, 0.25) is 0 Å². The first kappa shape index (κ1) is 15.3. The maximum Gasteiger partial charge on any atom is 0.260 e. The number of aromatic nitrogens is 1. The van der Waals surface area contributed by atoms with E-state index in [1.165, 1.54) is 11.3 Å². The summed E-state index contributed by atoms with van der Waals surface area (Å²) in [5.74, 6) is -2.93. The van der Waals surface area contributed by atoms with E-state index in [-0.39, 0.29) is 18.9 Å². The van der Waals surface area contributed by atoms with Crippen LogP contribution in [0.1, 0.15) is 32.6 Å². The molecular weight excluding hydrogens is 284 g/mol. The average molecular weight is 303 g/mol. The zero-order chi connectivity index (χ0) is 14.6. The van der Waals surface area contributed by atoms with E-state index in [2.05, 4.69) is 10.3 Å². The van der Waals surface area contributed by atoms with Crippen LogP contribution in [0, 0.1) is 0 Å². The number of halogens is 2. The minimum Gasteiger partial charge on any atom is -0.301 e. The van der Waals surface area contributed by atoms with Gasteiger partial charge in [0.05, 0.1) is 12.6 Å². The number of rotatable bonds is 5. The minimum atomic E-state index is -2.69. The predicted molar refractivity (Wildman–Crippen MR) is 75.2 cm³/mol. The first-order chi connectivity index (χ1) is 9.52. The molecule has 0 bridgehead atoms. The molecule has 0 radical (unpaired) electrons. The van der Waals surface area contributed by atoms with E-state index in [1.807, 2.05) is 6.92 Å². The molecule has 1 fully saturated rings. The Hall–Kier alpha value is -1.08. The van der Waals surface area contributed by atoms with Gasteiger partial charge in [0.15, 0.2) is 5.13 Å². The molecule has 1 N–H and O–H groups in total. The second-order valence-electron chi connectivity index (χ2n) is 5.06. The Labute approximate surface area is 121 Å². The summed E-state index contributed by atoms with van der Waals surface area (Å²) in [6.45, 7) is 2.17. The van der Waals surface area contributed by atoms with E-state index in [1.54, 1.807) is 16.5 Å². The third-order valence-corrected chi connectivity index (χ3v) is 4.08. The van der Waals surface area contributed by atoms with Crippen molar-refractivity contribution in [1.82, 2.24) is 9.88 Å². The van der Waals surface area contributed by atoms with Crippen molar-refractivity contribution in [1.29, 1.82) is 0 Å². The van der Waals surface area contributed by atoms with E-state index in [0.29, 0.717) is 24.5 Å². The van der Waals surface area contributed by atoms with Crippen molar-refractivity contribution in [2.45, 2.75) is 44.6 Å². The van der Waals surface area contributed by atoms with Crippen molar-refractivity contribution >= 4 is 22.4 Å². The van der Waals surface area contributed by atoms with Gasteiger partial charge in [0.1, 0.15) is 0 Å². The van der Waals surface area contributed by atoms with Crippen LogP contribution < -0.4 is 5.32 Å². The maximum atomic E-state index is 13.5. The zero-order valence-electron chi connectivity index (χ0n) is 11.4. The summed E-state index contributed by atoms with van der Waals surface area (Å²) < 4.78 is 27.0. The summed E-state index contributed by atoms with van der Waals surface area (Å²) in [5.41, 5.74) is 0. The molecule has 1 amide bonds. The number of piperidine rings is 1. The van der Waals surface area contributed by atoms with E-state index in [9.17, 15) is 13.6 Å². The van der Waals surface area contributed by atoms with Crippen LogP contribution in [-0.2, 0) is 4.79 Å². The van der Waals surface area contributed by atoms with Crippen molar-refractivity contribution in [3.63, 3.8) is 0 Å². The Kier molecular flexibility index (Phi) is 5.04. The van der Waals surface area contributed by atoms with Crippen LogP contribution in [0.15, 0.2) is 11.6 Å². The highest BCUT2D eigenvalue weighted by atomic mass is 32.1. The van der Waals surface area contributed by atoms with Gasteiger partial charge in [-0.05, 0) is 19.4 Å². The Bertz CT molecular complexity index is 439. The van der Waals surface area contributed by atoms with Crippen molar-refractivity contribution in [3.05, 3.63) is 11.6 Å². The lowest BCUT2D eigenvalue weighted by atomic mass is 10.0. The normalized spacial score (nSPS) is 20.6. The fourth-order valence-corrected chi connectivity index (χ4v) is 3.02. The molecule has 1 aromatic rings. The zero-order valence-corrected chi connectivity index (χ0v) is 12.3. The third-order valence-electron chi connectivity index (χ3n) is 3.39. The van der Waals surface area contributed by atoms with Gasteiger partial charge in [-0.1, -0.05) is 13.3 Å². The quantitative estimate of drug-likeness (QED) is 0.909. The fraction of sp³-hybridized carbons (Fsp3) is 0.692. The van der Waals surface area contributed by atoms with Crippen LogP contribution in [0.5, 0.6) is 0 Å². The molecule has 7 heteroatoms. The molecule has 0 saturated carbocycles. The van der Waals surface area contributed by atoms with Crippen LogP contribution in [-0.4, -0.2) is 40.8 Å². The lowest BCUT2D eigenvalue weighted by Gasteiger charge is -2.37. The van der Waals surface area contributed by atoms with Crippen molar-refractivity contribution in [3.8, 4) is 0 Å². The fourth-order valence-electron chi connectivity index (χ4n) is 2.49. The summed E-state index contributed by atoms with van der Waals surface area (Å²) in [5, 5.41) is 4.99. The monoisotopic (exact) mass is 303 g/mol. The summed E-state index contributed by atoms with van der Waals surface area (Å²) in [4.78, 5) is 17.9. The number of thiazole rings is 1. The predicted octanol–water partition coefficient (Wildman–Crippen LogP) is 2.98. The number of hydrogen-bond acceptors (Lipinski definition) is 4. The second kappa shape index (κ2) is 6.58. The maximum absolute atomic E-state index is 13.5. The number of hydrogen-bond donors (Lipinski definition) is 1. The van der Waals surface area contributed by atoms with Gasteiger partial charge in [0.25, 0.3) is 5.92 Å². The van der Waals surface area contributed by atoms with Crippen LogP contribution in [0.25, 0.3) is 0 Å². The van der Waals surface area contributed by atoms with Gasteiger partial charge in [-0.2, -0.15) is 0 Å². The van der Waals surface area contributed by atoms with Gasteiger partial charge in [0.2, 0.25) is 5.91 Å². The average Bonchev–Trinajstić information content (AvgIpc) is 2.87. The molecule has 1 atom stereocenters. The number of nitrogens with one attached hydrogen (secondary N) is 1. The third kappa shape index (κ3) is 3.96. The molecule has 1 aliphatic rings. The van der Waals surface area contributed by atoms with E-state index in [0.717, 1.165) is 6.42 Å². The van der Waals surface area contributed by atoms with Crippen LogP contribution in [0.4, 0.5) is 13.9 Å². The van der Waals surface area contributed by atoms with Gasteiger partial charge in [0, 0.05) is 18.0 Å². The molecule has 1 aromatic heterocycles. The highest BCUT2D eigenvalue weighted by Gasteiger charge is 2.39. The number of nitrogens with zero attached hydrogens (tertiary/aromatic N) is 2. The summed E-state index contributed by atoms with van der Waals surface area (Å²) >= 11 is 1.32. The molecule has 0 aliphatic carbocycles. The van der Waals surface area contributed by atoms with E-state index < -0.39 is 12.0 Å². The highest BCUT2D eigenvalue weighted by Crippen LogP contribution is 2.29. The van der Waals surface area contributed by atoms with Gasteiger partial charge in [-0.25, -0.2) is 13.8 Å². The molecule has 0 spiro atoms. The molecule has 1 aliphatic heterocycles. The molecule has 0 aromatic carbocycles. The van der Waals surface area contributed by atoms with E-state index >= 15 is 0 Å². The first-order valence-corrected chi connectivity index (χ1v) is 7.72. The summed E-state index contributed by atoms with van der Waals surface area (Å²) in [6, 6.07) is -0.505. The van der Waals surface area contributed by atoms with Crippen molar-refractivity contribution in [2.24, 2.45) is 0 Å². The van der Waals surface area contributed by atoms with Gasteiger partial charge in [-0.3, -0.25) is 9.69 Å². The highest BCUT2D eigenvalue weighted by molar-refractivity contribution is 7.13. The molecule has 2 heterocycles. The summed E-state index contributed by atoms with van der Waals surface area (Å²) in [7, 11) is 0. The second-order valence-corrected chi connectivity index (χ2v) is 5.96. The van der Waals surface area contributed by atoms with Gasteiger partial charge >= 0.3 is 0 Å². The molecular formula is C13H19F2N3OS. The number of carbonyl (C=O) groups is 1. The van der Waals surface area contributed by atoms with Gasteiger partial charge < -0.3 is 5.32 Å². The molecule has 1 saturated heterocycles. The number of anilines is 1. The number of alkyl halides is 2. The Morgan fingerprint density at radius 3 is 3.05 bits per heavy atom. The SMILES string of the molecule is CCCC(C(=O)Nc1nccs1)N1CCCC(F)(F)C1. The number of likely N-dealkylation sites (tertiary alicyclic amines) is 1. The smallest absolute Gasteiger partial charge is 0.260 e. The van der Waals surface area contributed by atoms with E-state index in [4.69, 9.17) is 0 Å². The van der Waals surface area contributed by atoms with Crippen LogP contribution >= 0.6 is 11.3 Å². The Morgan fingerprint density at radius 1 is 1.65 bits per heavy atom. The topological polar surface area (TPSA) is 45.2 Å². The molecule has 1 unspecified atom stereocenters. The standard InChI is InChI=1S/C13H19F2N3OS/c1-2-4-10(11(19)17-12-16-6-8-20-12)18-7-3-5-13(14,15)9-18/h6,8,10H,2-5,7,9H2,1H3,(H,16,17,19). The van der Waals surface area contributed by atoms with Gasteiger partial charge in [-0.15, -0.1) is 11.3 Å². The molecule has 112 valence electrons. The molecule has 2 rings (SSSR count). The summed E-state index contributed by atoms with van der Waals surface area (Å²) in [6.07, 6.45) is 3.30. The molecule has 4 nitrogen and oxygen atoms in total.